The largest absolute Gasteiger partial charge is 0.462 e. The zero-order valence-corrected chi connectivity index (χ0v) is 25.1. The molecule has 36 heavy (non-hydrogen) atoms. The van der Waals surface area contributed by atoms with E-state index in [4.69, 9.17) is 18.6 Å². The van der Waals surface area contributed by atoms with E-state index in [0.717, 1.165) is 51.4 Å². The van der Waals surface area contributed by atoms with Crippen LogP contribution in [0.15, 0.2) is 12.2 Å². The second-order valence-electron chi connectivity index (χ2n) is 12.9. The van der Waals surface area contributed by atoms with Gasteiger partial charge in [-0.3, -0.25) is 4.79 Å². The lowest BCUT2D eigenvalue weighted by Gasteiger charge is -2.40. The van der Waals surface area contributed by atoms with Crippen molar-refractivity contribution in [1.29, 1.82) is 0 Å². The Labute approximate surface area is 222 Å². The minimum Gasteiger partial charge on any atom is -0.462 e. The van der Waals surface area contributed by atoms with Crippen LogP contribution in [-0.4, -0.2) is 45.5 Å². The van der Waals surface area contributed by atoms with Gasteiger partial charge in [0.1, 0.15) is 6.10 Å². The van der Waals surface area contributed by atoms with E-state index in [9.17, 15) is 4.79 Å². The average molecular weight is 523 g/mol. The van der Waals surface area contributed by atoms with Crippen molar-refractivity contribution < 1.29 is 23.4 Å². The summed E-state index contributed by atoms with van der Waals surface area (Å²) in [5.41, 5.74) is 0. The molecule has 5 nitrogen and oxygen atoms in total. The van der Waals surface area contributed by atoms with Gasteiger partial charge in [0.15, 0.2) is 14.1 Å². The van der Waals surface area contributed by atoms with Crippen LogP contribution < -0.4 is 0 Å². The quantitative estimate of drug-likeness (QED) is 0.119. The second kappa shape index (κ2) is 13.4. The molecule has 0 bridgehead atoms. The molecule has 1 saturated carbocycles. The molecule has 1 aliphatic carbocycles. The summed E-state index contributed by atoms with van der Waals surface area (Å²) >= 11 is 0. The number of rotatable bonds is 11. The molecular formula is C30H54O5Si. The molecule has 2 fully saturated rings. The Morgan fingerprint density at radius 1 is 1.06 bits per heavy atom. The Morgan fingerprint density at radius 2 is 1.78 bits per heavy atom. The maximum atomic E-state index is 12.6. The highest BCUT2D eigenvalue weighted by atomic mass is 28.4. The normalized spacial score (nSPS) is 30.1. The molecule has 3 aliphatic rings. The SMILES string of the molecule is CCCCCCCC1(CC[C@H]2C(O[Si](C)(C)C(C)(C)C)C[C@@H]3OC(=O)CCC/C=C\C[C@@H]32)OCCO1. The Balaban J connectivity index is 1.76. The van der Waals surface area contributed by atoms with Gasteiger partial charge in [0.25, 0.3) is 0 Å². The van der Waals surface area contributed by atoms with Crippen LogP contribution in [0.4, 0.5) is 0 Å². The van der Waals surface area contributed by atoms with E-state index >= 15 is 0 Å². The third kappa shape index (κ3) is 8.15. The van der Waals surface area contributed by atoms with E-state index in [1.807, 2.05) is 0 Å². The molecular weight excluding hydrogens is 468 g/mol. The van der Waals surface area contributed by atoms with Gasteiger partial charge < -0.3 is 18.6 Å². The Kier molecular flexibility index (Phi) is 11.1. The van der Waals surface area contributed by atoms with Crippen LogP contribution in [0.3, 0.4) is 0 Å². The fourth-order valence-corrected chi connectivity index (χ4v) is 7.32. The molecule has 0 radical (unpaired) electrons. The molecule has 0 N–H and O–H groups in total. The van der Waals surface area contributed by atoms with Crippen molar-refractivity contribution in [3.63, 3.8) is 0 Å². The first-order chi connectivity index (χ1) is 17.1. The lowest BCUT2D eigenvalue weighted by atomic mass is 9.84. The highest BCUT2D eigenvalue weighted by Crippen LogP contribution is 2.47. The zero-order valence-electron chi connectivity index (χ0n) is 24.1. The van der Waals surface area contributed by atoms with Crippen LogP contribution in [0, 0.1) is 11.8 Å². The van der Waals surface area contributed by atoms with Crippen molar-refractivity contribution in [2.45, 2.75) is 147 Å². The third-order valence-electron chi connectivity index (χ3n) is 9.16. The molecule has 1 unspecified atom stereocenters. The molecule has 6 heteroatoms. The maximum absolute atomic E-state index is 12.6. The number of esters is 1. The number of hydrogen-bond donors (Lipinski definition) is 0. The average Bonchev–Trinajstić information content (AvgIpc) is 3.39. The summed E-state index contributed by atoms with van der Waals surface area (Å²) in [6, 6.07) is 0. The second-order valence-corrected chi connectivity index (χ2v) is 17.7. The molecule has 0 aromatic rings. The van der Waals surface area contributed by atoms with Gasteiger partial charge in [-0.25, -0.2) is 0 Å². The molecule has 1 saturated heterocycles. The van der Waals surface area contributed by atoms with Crippen LogP contribution >= 0.6 is 0 Å². The Hall–Kier alpha value is -0.693. The summed E-state index contributed by atoms with van der Waals surface area (Å²) in [7, 11) is -1.97. The number of unbranched alkanes of at least 4 members (excludes halogenated alkanes) is 4. The van der Waals surface area contributed by atoms with E-state index in [2.05, 4.69) is 52.9 Å². The minimum atomic E-state index is -1.97. The molecule has 0 amide bonds. The number of allylic oxidation sites excluding steroid dienone is 2. The van der Waals surface area contributed by atoms with Crippen molar-refractivity contribution in [2.24, 2.45) is 11.8 Å². The van der Waals surface area contributed by atoms with E-state index in [1.165, 1.54) is 25.7 Å². The first-order valence-electron chi connectivity index (χ1n) is 14.9. The number of fused-ring (bicyclic) bond motifs is 1. The summed E-state index contributed by atoms with van der Waals surface area (Å²) in [5, 5.41) is 0.141. The van der Waals surface area contributed by atoms with Crippen molar-refractivity contribution in [1.82, 2.24) is 0 Å². The molecule has 4 atom stereocenters. The van der Waals surface area contributed by atoms with Crippen LogP contribution in [0.1, 0.15) is 111 Å². The van der Waals surface area contributed by atoms with Crippen LogP contribution in [0.2, 0.25) is 18.1 Å². The van der Waals surface area contributed by atoms with Crippen molar-refractivity contribution in [3.05, 3.63) is 12.2 Å². The summed E-state index contributed by atoms with van der Waals surface area (Å²) in [6.07, 6.45) is 17.8. The lowest BCUT2D eigenvalue weighted by molar-refractivity contribution is -0.172. The number of carbonyl (C=O) groups is 1. The fraction of sp³-hybridized carbons (Fsp3) is 0.900. The standard InChI is InChI=1S/C30H54O5Si/c1-7-8-9-12-15-19-30(32-21-22-33-30)20-18-25-24-16-13-10-11-14-17-28(31)34-26(24)23-27(25)35-36(5,6)29(2,3)4/h10,13,24-27H,7-9,11-12,14-23H2,1-6H3/b13-10-/t24-,25-,26+,27?/m1/s1. The van der Waals surface area contributed by atoms with Gasteiger partial charge in [0, 0.05) is 31.6 Å². The maximum Gasteiger partial charge on any atom is 0.306 e. The summed E-state index contributed by atoms with van der Waals surface area (Å²) in [5.74, 6) is 0.138. The van der Waals surface area contributed by atoms with Gasteiger partial charge in [-0.1, -0.05) is 65.5 Å². The van der Waals surface area contributed by atoms with Gasteiger partial charge in [-0.05, 0) is 56.2 Å². The van der Waals surface area contributed by atoms with Gasteiger partial charge in [-0.15, -0.1) is 0 Å². The summed E-state index contributed by atoms with van der Waals surface area (Å²) in [6.45, 7) is 15.2. The van der Waals surface area contributed by atoms with Crippen LogP contribution in [0.25, 0.3) is 0 Å². The zero-order chi connectivity index (χ0) is 26.2. The number of carbonyl (C=O) groups excluding carboxylic acids is 1. The molecule has 0 spiro atoms. The topological polar surface area (TPSA) is 54.0 Å². The molecule has 0 aromatic heterocycles. The highest BCUT2D eigenvalue weighted by Gasteiger charge is 2.50. The molecule has 2 aliphatic heterocycles. The van der Waals surface area contributed by atoms with Crippen LogP contribution in [-0.2, 0) is 23.4 Å². The predicted octanol–water partition coefficient (Wildman–Crippen LogP) is 7.94. The predicted molar refractivity (Wildman–Crippen MR) is 148 cm³/mol. The van der Waals surface area contributed by atoms with Crippen molar-refractivity contribution in [2.75, 3.05) is 13.2 Å². The van der Waals surface area contributed by atoms with E-state index < -0.39 is 14.1 Å². The van der Waals surface area contributed by atoms with Gasteiger partial charge in [-0.2, -0.15) is 0 Å². The summed E-state index contributed by atoms with van der Waals surface area (Å²) in [4.78, 5) is 12.6. The number of ether oxygens (including phenoxy) is 3. The van der Waals surface area contributed by atoms with Gasteiger partial charge >= 0.3 is 5.97 Å². The first kappa shape index (κ1) is 29.9. The van der Waals surface area contributed by atoms with Gasteiger partial charge in [0.2, 0.25) is 0 Å². The lowest BCUT2D eigenvalue weighted by Crippen LogP contribution is -2.45. The fourth-order valence-electron chi connectivity index (χ4n) is 5.94. The molecule has 208 valence electrons. The van der Waals surface area contributed by atoms with E-state index in [-0.39, 0.29) is 23.2 Å². The smallest absolute Gasteiger partial charge is 0.306 e. The molecule has 3 rings (SSSR count). The van der Waals surface area contributed by atoms with Crippen LogP contribution in [0.5, 0.6) is 0 Å². The number of hydrogen-bond acceptors (Lipinski definition) is 5. The Bertz CT molecular complexity index is 707. The monoisotopic (exact) mass is 522 g/mol. The van der Waals surface area contributed by atoms with Gasteiger partial charge in [0.05, 0.1) is 19.3 Å². The van der Waals surface area contributed by atoms with E-state index in [0.29, 0.717) is 31.5 Å². The van der Waals surface area contributed by atoms with Crippen molar-refractivity contribution in [3.8, 4) is 0 Å². The minimum absolute atomic E-state index is 0.0435. The molecule has 0 aromatic carbocycles. The summed E-state index contributed by atoms with van der Waals surface area (Å²) < 4.78 is 25.7. The Morgan fingerprint density at radius 3 is 2.47 bits per heavy atom. The van der Waals surface area contributed by atoms with Crippen molar-refractivity contribution >= 4 is 14.3 Å². The third-order valence-corrected chi connectivity index (χ3v) is 13.7. The molecule has 2 heterocycles. The first-order valence-corrected chi connectivity index (χ1v) is 17.8. The highest BCUT2D eigenvalue weighted by molar-refractivity contribution is 6.74. The van der Waals surface area contributed by atoms with E-state index in [1.54, 1.807) is 0 Å².